The molecule has 1 N–H and O–H groups in total. The molecule has 0 bridgehead atoms. The van der Waals surface area contributed by atoms with Crippen molar-refractivity contribution < 1.29 is 9.31 Å². The third-order valence-corrected chi connectivity index (χ3v) is 6.12. The van der Waals surface area contributed by atoms with Gasteiger partial charge in [-0.1, -0.05) is 26.8 Å². The average Bonchev–Trinajstić information content (AvgIpc) is 2.83. The maximum atomic E-state index is 6.26. The van der Waals surface area contributed by atoms with E-state index in [2.05, 4.69) is 65.6 Å². The highest BCUT2D eigenvalue weighted by molar-refractivity contribution is 7.73. The van der Waals surface area contributed by atoms with Crippen LogP contribution in [0.3, 0.4) is 0 Å². The summed E-state index contributed by atoms with van der Waals surface area (Å²) in [5.41, 5.74) is 2.69. The fourth-order valence-corrected chi connectivity index (χ4v) is 3.85. The third kappa shape index (κ3) is 2.91. The average molecular weight is 349 g/mol. The third-order valence-electron chi connectivity index (χ3n) is 4.94. The molecule has 124 valence electrons. The molecule has 0 saturated carbocycles. The molecule has 1 aromatic heterocycles. The predicted octanol–water partition coefficient (Wildman–Crippen LogP) is 4.56. The molecule has 3 nitrogen and oxygen atoms in total. The number of hydrogen-bond acceptors (Lipinski definition) is 4. The van der Waals surface area contributed by atoms with Gasteiger partial charge in [0.15, 0.2) is 3.95 Å². The Hall–Kier alpha value is -0.685. The SMILES string of the molecule is CC(C)(C)c1cc(B2OC(C)(C)C(C)(C)O2)c2[nH]c(=S)sc2c1. The highest BCUT2D eigenvalue weighted by atomic mass is 32.1. The van der Waals surface area contributed by atoms with Crippen molar-refractivity contribution in [2.45, 2.75) is 65.1 Å². The van der Waals surface area contributed by atoms with Gasteiger partial charge in [-0.15, -0.1) is 11.3 Å². The summed E-state index contributed by atoms with van der Waals surface area (Å²) in [7, 11) is -0.384. The van der Waals surface area contributed by atoms with E-state index in [9.17, 15) is 0 Å². The lowest BCUT2D eigenvalue weighted by molar-refractivity contribution is 0.00578. The van der Waals surface area contributed by atoms with E-state index in [1.165, 1.54) is 5.56 Å². The van der Waals surface area contributed by atoms with Gasteiger partial charge in [0.2, 0.25) is 0 Å². The molecule has 0 atom stereocenters. The van der Waals surface area contributed by atoms with E-state index >= 15 is 0 Å². The molecule has 1 aliphatic heterocycles. The lowest BCUT2D eigenvalue weighted by Crippen LogP contribution is -2.41. The summed E-state index contributed by atoms with van der Waals surface area (Å²) in [6.45, 7) is 15.0. The van der Waals surface area contributed by atoms with Crippen LogP contribution < -0.4 is 5.46 Å². The monoisotopic (exact) mass is 349 g/mol. The number of rotatable bonds is 1. The summed E-state index contributed by atoms with van der Waals surface area (Å²) >= 11 is 6.96. The Kier molecular flexibility index (Phi) is 3.84. The molecule has 0 unspecified atom stereocenters. The fourth-order valence-electron chi connectivity index (χ4n) is 2.67. The molecule has 6 heteroatoms. The van der Waals surface area contributed by atoms with Gasteiger partial charge in [0.1, 0.15) is 0 Å². The zero-order valence-corrected chi connectivity index (χ0v) is 16.5. The first-order valence-corrected chi connectivity index (χ1v) is 9.16. The summed E-state index contributed by atoms with van der Waals surface area (Å²) < 4.78 is 14.5. The molecular formula is C17H24BNO2S2. The van der Waals surface area contributed by atoms with Gasteiger partial charge in [0.25, 0.3) is 0 Å². The molecule has 0 radical (unpaired) electrons. The number of aromatic nitrogens is 1. The van der Waals surface area contributed by atoms with Gasteiger partial charge in [0, 0.05) is 5.46 Å². The van der Waals surface area contributed by atoms with Gasteiger partial charge in [-0.25, -0.2) is 0 Å². The van der Waals surface area contributed by atoms with E-state index in [-0.39, 0.29) is 23.7 Å². The molecule has 1 aliphatic rings. The van der Waals surface area contributed by atoms with Crippen LogP contribution in [-0.4, -0.2) is 23.3 Å². The predicted molar refractivity (Wildman–Crippen MR) is 101 cm³/mol. The summed E-state index contributed by atoms with van der Waals surface area (Å²) in [4.78, 5) is 3.31. The van der Waals surface area contributed by atoms with Crippen molar-refractivity contribution in [2.75, 3.05) is 0 Å². The van der Waals surface area contributed by atoms with Gasteiger partial charge >= 0.3 is 7.12 Å². The van der Waals surface area contributed by atoms with Crippen molar-refractivity contribution in [3.63, 3.8) is 0 Å². The summed E-state index contributed by atoms with van der Waals surface area (Å²) in [6.07, 6.45) is 0. The highest BCUT2D eigenvalue weighted by Gasteiger charge is 2.52. The molecule has 23 heavy (non-hydrogen) atoms. The lowest BCUT2D eigenvalue weighted by atomic mass is 9.74. The molecule has 3 rings (SSSR count). The van der Waals surface area contributed by atoms with Gasteiger partial charge in [-0.2, -0.15) is 0 Å². The van der Waals surface area contributed by atoms with Crippen LogP contribution in [0.25, 0.3) is 10.2 Å². The number of benzene rings is 1. The number of hydrogen-bond donors (Lipinski definition) is 1. The van der Waals surface area contributed by atoms with Crippen LogP contribution in [0.5, 0.6) is 0 Å². The van der Waals surface area contributed by atoms with E-state index in [0.717, 1.165) is 19.6 Å². The molecule has 1 saturated heterocycles. The Bertz CT molecular complexity index is 798. The molecular weight excluding hydrogens is 325 g/mol. The van der Waals surface area contributed by atoms with Gasteiger partial charge in [-0.05, 0) is 57.0 Å². The Labute approximate surface area is 147 Å². The molecule has 1 fully saturated rings. The van der Waals surface area contributed by atoms with Crippen LogP contribution in [0.4, 0.5) is 0 Å². The topological polar surface area (TPSA) is 34.2 Å². The summed E-state index contributed by atoms with van der Waals surface area (Å²) in [5, 5.41) is 0. The Morgan fingerprint density at radius 2 is 1.65 bits per heavy atom. The van der Waals surface area contributed by atoms with E-state index in [0.29, 0.717) is 0 Å². The second kappa shape index (κ2) is 5.15. The van der Waals surface area contributed by atoms with Crippen LogP contribution in [-0.2, 0) is 14.7 Å². The Balaban J connectivity index is 2.19. The number of thiazole rings is 1. The van der Waals surface area contributed by atoms with Crippen molar-refractivity contribution in [3.05, 3.63) is 21.7 Å². The van der Waals surface area contributed by atoms with Gasteiger partial charge in [-0.3, -0.25) is 0 Å². The Morgan fingerprint density at radius 3 is 2.17 bits per heavy atom. The highest BCUT2D eigenvalue weighted by Crippen LogP contribution is 2.37. The molecule has 0 aliphatic carbocycles. The van der Waals surface area contributed by atoms with E-state index in [1.54, 1.807) is 11.3 Å². The van der Waals surface area contributed by atoms with Crippen molar-refractivity contribution in [3.8, 4) is 0 Å². The molecule has 1 aromatic carbocycles. The minimum absolute atomic E-state index is 0.0538. The van der Waals surface area contributed by atoms with Crippen LogP contribution in [0.1, 0.15) is 54.0 Å². The van der Waals surface area contributed by atoms with E-state index in [1.807, 2.05) is 0 Å². The molecule has 2 heterocycles. The van der Waals surface area contributed by atoms with E-state index in [4.69, 9.17) is 21.5 Å². The maximum Gasteiger partial charge on any atom is 0.497 e. The lowest BCUT2D eigenvalue weighted by Gasteiger charge is -2.32. The molecule has 0 spiro atoms. The first-order valence-electron chi connectivity index (χ1n) is 7.94. The quantitative estimate of drug-likeness (QED) is 0.606. The normalized spacial score (nSPS) is 20.4. The number of nitrogens with one attached hydrogen (secondary N) is 1. The second-order valence-electron chi connectivity index (χ2n) is 8.29. The minimum Gasteiger partial charge on any atom is -0.399 e. The Morgan fingerprint density at radius 1 is 1.09 bits per heavy atom. The van der Waals surface area contributed by atoms with Crippen molar-refractivity contribution >= 4 is 46.4 Å². The number of aromatic amines is 1. The van der Waals surface area contributed by atoms with Crippen LogP contribution >= 0.6 is 23.6 Å². The van der Waals surface area contributed by atoms with Gasteiger partial charge < -0.3 is 14.3 Å². The largest absolute Gasteiger partial charge is 0.497 e. The smallest absolute Gasteiger partial charge is 0.399 e. The van der Waals surface area contributed by atoms with Gasteiger partial charge in [0.05, 0.1) is 21.4 Å². The first-order chi connectivity index (χ1) is 10.4. The van der Waals surface area contributed by atoms with Crippen molar-refractivity contribution in [1.82, 2.24) is 4.98 Å². The zero-order valence-electron chi connectivity index (χ0n) is 14.9. The molecule has 0 amide bonds. The van der Waals surface area contributed by atoms with Crippen molar-refractivity contribution in [1.29, 1.82) is 0 Å². The number of fused-ring (bicyclic) bond motifs is 1. The van der Waals surface area contributed by atoms with Crippen LogP contribution in [0.15, 0.2) is 12.1 Å². The summed E-state index contributed by atoms with van der Waals surface area (Å²) in [5.74, 6) is 0. The van der Waals surface area contributed by atoms with E-state index < -0.39 is 0 Å². The fraction of sp³-hybridized carbons (Fsp3) is 0.588. The van der Waals surface area contributed by atoms with Crippen molar-refractivity contribution in [2.24, 2.45) is 0 Å². The minimum atomic E-state index is -0.384. The van der Waals surface area contributed by atoms with Crippen LogP contribution in [0.2, 0.25) is 0 Å². The number of H-pyrrole nitrogens is 1. The second-order valence-corrected chi connectivity index (χ2v) is 10.0. The maximum absolute atomic E-state index is 6.26. The molecule has 2 aromatic rings. The zero-order chi connectivity index (χ0) is 17.2. The van der Waals surface area contributed by atoms with Crippen LogP contribution in [0, 0.1) is 3.95 Å². The first kappa shape index (κ1) is 17.1. The standard InChI is InChI=1S/C17H24BNO2S2/c1-15(2,3)10-8-11(13-12(9-10)23-14(22)19-13)18-20-16(4,5)17(6,7)21-18/h8-9H,1-7H3,(H,19,22). The summed E-state index contributed by atoms with van der Waals surface area (Å²) in [6, 6.07) is 4.42.